The van der Waals surface area contributed by atoms with E-state index in [1.54, 1.807) is 50.7 Å². The van der Waals surface area contributed by atoms with Crippen molar-refractivity contribution in [3.05, 3.63) is 59.5 Å². The highest BCUT2D eigenvalue weighted by molar-refractivity contribution is 6.04. The van der Waals surface area contributed by atoms with Crippen LogP contribution in [-0.2, 0) is 11.8 Å². The number of ether oxygens (including phenoxy) is 1. The third-order valence-electron chi connectivity index (χ3n) is 3.79. The predicted molar refractivity (Wildman–Crippen MR) is 105 cm³/mol. The zero-order valence-corrected chi connectivity index (χ0v) is 16.6. The maximum Gasteiger partial charge on any atom is 0.357 e. The summed E-state index contributed by atoms with van der Waals surface area (Å²) < 4.78 is 8.45. The van der Waals surface area contributed by atoms with E-state index in [1.807, 2.05) is 25.1 Å². The molecule has 28 heavy (non-hydrogen) atoms. The fraction of sp³-hybridized carbons (Fsp3) is 0.300. The molecular weight excluding hydrogens is 358 g/mol. The number of nitrogens with zero attached hydrogens (tertiary/aromatic N) is 4. The number of nitrogens with one attached hydrogen (secondary N) is 1. The lowest BCUT2D eigenvalue weighted by Crippen LogP contribution is -2.25. The molecule has 3 rings (SSSR count). The summed E-state index contributed by atoms with van der Waals surface area (Å²) >= 11 is 0. The van der Waals surface area contributed by atoms with Gasteiger partial charge < -0.3 is 10.1 Å². The molecule has 8 heteroatoms. The first-order chi connectivity index (χ1) is 13.1. The number of amides is 1. The largest absolute Gasteiger partial charge is 0.455 e. The standard InChI is InChI=1S/C20H23N5O3/c1-13-11-17(24(5)22-13)21-18(26)15-12-16(19(27)28-20(2,3)4)25(23-15)14-9-7-6-8-10-14/h6-12H,1-5H3,(H,21,26). The molecule has 0 saturated heterocycles. The molecular formula is C20H23N5O3. The van der Waals surface area contributed by atoms with Crippen molar-refractivity contribution in [3.8, 4) is 5.69 Å². The third kappa shape index (κ3) is 4.28. The molecule has 0 radical (unpaired) electrons. The second-order valence-corrected chi connectivity index (χ2v) is 7.41. The number of rotatable bonds is 4. The van der Waals surface area contributed by atoms with E-state index in [0.717, 1.165) is 5.69 Å². The van der Waals surface area contributed by atoms with Crippen LogP contribution in [0.4, 0.5) is 5.82 Å². The zero-order valence-electron chi connectivity index (χ0n) is 16.6. The first kappa shape index (κ1) is 19.3. The molecule has 0 atom stereocenters. The Morgan fingerprint density at radius 2 is 1.75 bits per heavy atom. The van der Waals surface area contributed by atoms with Crippen molar-refractivity contribution in [2.45, 2.75) is 33.3 Å². The van der Waals surface area contributed by atoms with E-state index >= 15 is 0 Å². The molecule has 0 bridgehead atoms. The zero-order chi connectivity index (χ0) is 20.5. The predicted octanol–water partition coefficient (Wildman–Crippen LogP) is 3.12. The lowest BCUT2D eigenvalue weighted by molar-refractivity contribution is 0.00593. The van der Waals surface area contributed by atoms with Crippen LogP contribution in [0.3, 0.4) is 0 Å². The molecule has 2 heterocycles. The molecule has 0 unspecified atom stereocenters. The molecule has 0 saturated carbocycles. The molecule has 0 aliphatic rings. The highest BCUT2D eigenvalue weighted by Gasteiger charge is 2.25. The normalized spacial score (nSPS) is 11.3. The van der Waals surface area contributed by atoms with Crippen molar-refractivity contribution < 1.29 is 14.3 Å². The summed E-state index contributed by atoms with van der Waals surface area (Å²) in [5.41, 5.74) is 1.04. The van der Waals surface area contributed by atoms with Gasteiger partial charge in [0, 0.05) is 19.2 Å². The van der Waals surface area contributed by atoms with E-state index in [4.69, 9.17) is 4.74 Å². The number of para-hydroxylation sites is 1. The number of anilines is 1. The van der Waals surface area contributed by atoms with Crippen LogP contribution in [0.1, 0.15) is 47.4 Å². The molecule has 0 aliphatic carbocycles. The van der Waals surface area contributed by atoms with E-state index in [-0.39, 0.29) is 11.4 Å². The van der Waals surface area contributed by atoms with Crippen LogP contribution in [0.15, 0.2) is 42.5 Å². The molecule has 0 aliphatic heterocycles. The number of aromatic nitrogens is 4. The average molecular weight is 381 g/mol. The van der Waals surface area contributed by atoms with Gasteiger partial charge >= 0.3 is 5.97 Å². The minimum atomic E-state index is -0.669. The van der Waals surface area contributed by atoms with Gasteiger partial charge in [0.15, 0.2) is 11.4 Å². The van der Waals surface area contributed by atoms with E-state index < -0.39 is 17.5 Å². The first-order valence-electron chi connectivity index (χ1n) is 8.85. The van der Waals surface area contributed by atoms with Crippen molar-refractivity contribution in [1.29, 1.82) is 0 Å². The Morgan fingerprint density at radius 3 is 2.32 bits per heavy atom. The Hall–Kier alpha value is -3.42. The topological polar surface area (TPSA) is 91.0 Å². The van der Waals surface area contributed by atoms with Crippen LogP contribution in [0.2, 0.25) is 0 Å². The summed E-state index contributed by atoms with van der Waals surface area (Å²) in [5.74, 6) is -0.461. The smallest absolute Gasteiger partial charge is 0.357 e. The molecule has 0 spiro atoms. The SMILES string of the molecule is Cc1cc(NC(=O)c2cc(C(=O)OC(C)(C)C)n(-c3ccccc3)n2)n(C)n1. The molecule has 1 aromatic carbocycles. The number of carbonyl (C=O) groups excluding carboxylic acids is 2. The van der Waals surface area contributed by atoms with Gasteiger partial charge in [0.2, 0.25) is 0 Å². The maximum absolute atomic E-state index is 12.7. The molecule has 1 amide bonds. The van der Waals surface area contributed by atoms with E-state index in [0.29, 0.717) is 11.5 Å². The van der Waals surface area contributed by atoms with Gasteiger partial charge in [-0.1, -0.05) is 18.2 Å². The van der Waals surface area contributed by atoms with E-state index in [9.17, 15) is 9.59 Å². The Morgan fingerprint density at radius 1 is 1.07 bits per heavy atom. The number of carbonyl (C=O) groups is 2. The van der Waals surface area contributed by atoms with Gasteiger partial charge in [0.25, 0.3) is 5.91 Å². The first-order valence-corrected chi connectivity index (χ1v) is 8.85. The Kier molecular flexibility index (Phi) is 5.04. The summed E-state index contributed by atoms with van der Waals surface area (Å²) in [5, 5.41) is 11.3. The number of aryl methyl sites for hydroxylation is 2. The average Bonchev–Trinajstić information content (AvgIpc) is 3.18. The quantitative estimate of drug-likeness (QED) is 0.701. The minimum absolute atomic E-state index is 0.101. The van der Waals surface area contributed by atoms with Gasteiger partial charge in [-0.25, -0.2) is 9.48 Å². The Bertz CT molecular complexity index is 1010. The molecule has 2 aromatic heterocycles. The Labute approximate surface area is 163 Å². The van der Waals surface area contributed by atoms with Gasteiger partial charge in [-0.15, -0.1) is 0 Å². The number of esters is 1. The van der Waals surface area contributed by atoms with E-state index in [1.165, 1.54) is 10.7 Å². The molecule has 0 fully saturated rings. The highest BCUT2D eigenvalue weighted by atomic mass is 16.6. The van der Waals surface area contributed by atoms with Gasteiger partial charge in [-0.2, -0.15) is 10.2 Å². The summed E-state index contributed by atoms with van der Waals surface area (Å²) in [6.07, 6.45) is 0. The van der Waals surface area contributed by atoms with Crippen molar-refractivity contribution in [2.75, 3.05) is 5.32 Å². The van der Waals surface area contributed by atoms with Crippen LogP contribution < -0.4 is 5.32 Å². The fourth-order valence-electron chi connectivity index (χ4n) is 2.64. The molecule has 3 aromatic rings. The lowest BCUT2D eigenvalue weighted by atomic mass is 10.2. The third-order valence-corrected chi connectivity index (χ3v) is 3.79. The van der Waals surface area contributed by atoms with Gasteiger partial charge in [-0.05, 0) is 39.8 Å². The van der Waals surface area contributed by atoms with Crippen molar-refractivity contribution in [3.63, 3.8) is 0 Å². The lowest BCUT2D eigenvalue weighted by Gasteiger charge is -2.19. The Balaban J connectivity index is 1.97. The highest BCUT2D eigenvalue weighted by Crippen LogP contribution is 2.18. The van der Waals surface area contributed by atoms with Gasteiger partial charge in [0.1, 0.15) is 11.4 Å². The van der Waals surface area contributed by atoms with Gasteiger partial charge in [0.05, 0.1) is 11.4 Å². The summed E-state index contributed by atoms with van der Waals surface area (Å²) in [6, 6.07) is 12.3. The van der Waals surface area contributed by atoms with Crippen LogP contribution in [0.5, 0.6) is 0 Å². The van der Waals surface area contributed by atoms with E-state index in [2.05, 4.69) is 15.5 Å². The maximum atomic E-state index is 12.7. The molecule has 1 N–H and O–H groups in total. The van der Waals surface area contributed by atoms with Crippen molar-refractivity contribution in [1.82, 2.24) is 19.6 Å². The fourth-order valence-corrected chi connectivity index (χ4v) is 2.64. The van der Waals surface area contributed by atoms with Crippen molar-refractivity contribution in [2.24, 2.45) is 7.05 Å². The molecule has 146 valence electrons. The van der Waals surface area contributed by atoms with Crippen LogP contribution in [0.25, 0.3) is 5.69 Å². The summed E-state index contributed by atoms with van der Waals surface area (Å²) in [6.45, 7) is 7.19. The van der Waals surface area contributed by atoms with Crippen LogP contribution in [-0.4, -0.2) is 37.0 Å². The number of hydrogen-bond donors (Lipinski definition) is 1. The molecule has 8 nitrogen and oxygen atoms in total. The minimum Gasteiger partial charge on any atom is -0.455 e. The second kappa shape index (κ2) is 7.30. The second-order valence-electron chi connectivity index (χ2n) is 7.41. The summed E-state index contributed by atoms with van der Waals surface area (Å²) in [7, 11) is 1.73. The summed E-state index contributed by atoms with van der Waals surface area (Å²) in [4.78, 5) is 25.4. The monoisotopic (exact) mass is 381 g/mol. The van der Waals surface area contributed by atoms with Crippen molar-refractivity contribution >= 4 is 17.7 Å². The van der Waals surface area contributed by atoms with Gasteiger partial charge in [-0.3, -0.25) is 9.48 Å². The number of benzene rings is 1. The van der Waals surface area contributed by atoms with Crippen LogP contribution in [0, 0.1) is 6.92 Å². The van der Waals surface area contributed by atoms with Crippen LogP contribution >= 0.6 is 0 Å². The number of hydrogen-bond acceptors (Lipinski definition) is 5.